The summed E-state index contributed by atoms with van der Waals surface area (Å²) in [6.45, 7) is 1.56. The van der Waals surface area contributed by atoms with Crippen LogP contribution in [0, 0.1) is 0 Å². The van der Waals surface area contributed by atoms with Crippen LogP contribution in [0.1, 0.15) is 0 Å². The van der Waals surface area contributed by atoms with E-state index in [2.05, 4.69) is 0 Å². The maximum atomic E-state index is 7.90. The average Bonchev–Trinajstić information content (AvgIpc) is 0.811. The van der Waals surface area contributed by atoms with Gasteiger partial charge in [-0.15, -0.1) is 0 Å². The van der Waals surface area contributed by atoms with E-state index in [-0.39, 0.29) is 0 Å². The van der Waals surface area contributed by atoms with Crippen molar-refractivity contribution in [3.05, 3.63) is 0 Å². The summed E-state index contributed by atoms with van der Waals surface area (Å²) >= 11 is 0. The van der Waals surface area contributed by atoms with Gasteiger partial charge in [-0.05, 0) is 0 Å². The molecule has 0 bridgehead atoms. The standard InChI is InChI=1S/CH4BOP/c1-4(2)3/h3H,1H3. The summed E-state index contributed by atoms with van der Waals surface area (Å²) in [7, 11) is 3.61. The van der Waals surface area contributed by atoms with Crippen molar-refractivity contribution in [2.24, 2.45) is 0 Å². The second kappa shape index (κ2) is 1.63. The van der Waals surface area contributed by atoms with Gasteiger partial charge in [-0.1, -0.05) is 0 Å². The van der Waals surface area contributed by atoms with Crippen LogP contribution in [0.2, 0.25) is 0 Å². The van der Waals surface area contributed by atoms with Gasteiger partial charge in [0.2, 0.25) is 0 Å². The minimum atomic E-state index is -1.12. The molecule has 0 saturated heterocycles. The normalized spacial score (nSPS) is 11.5. The zero-order valence-corrected chi connectivity index (χ0v) is 3.37. The van der Waals surface area contributed by atoms with Crippen LogP contribution < -0.4 is 0 Å². The van der Waals surface area contributed by atoms with Gasteiger partial charge in [0.1, 0.15) is 0 Å². The summed E-state index contributed by atoms with van der Waals surface area (Å²) < 4.78 is 0. The van der Waals surface area contributed by atoms with Crippen LogP contribution in [0.3, 0.4) is 0 Å². The molecule has 0 saturated carbocycles. The molecule has 1 unspecified atom stereocenters. The first-order chi connectivity index (χ1) is 1.73. The molecule has 0 aromatic rings. The monoisotopic (exact) mass is 74.0 g/mol. The molecule has 3 heteroatoms. The minimum absolute atomic E-state index is 1.12. The number of hydrogen-bond acceptors (Lipinski definition) is 1. The van der Waals surface area contributed by atoms with Gasteiger partial charge < -0.3 is 0 Å². The van der Waals surface area contributed by atoms with E-state index in [9.17, 15) is 0 Å². The second-order valence-corrected chi connectivity index (χ2v) is 1.72. The molecule has 0 aromatic heterocycles. The van der Waals surface area contributed by atoms with Crippen LogP contribution in [0.5, 0.6) is 0 Å². The molecule has 0 aromatic carbocycles. The summed E-state index contributed by atoms with van der Waals surface area (Å²) in [6, 6.07) is 0. The summed E-state index contributed by atoms with van der Waals surface area (Å²) in [5.74, 6) is 0. The van der Waals surface area contributed by atoms with Crippen molar-refractivity contribution in [1.29, 1.82) is 0 Å². The van der Waals surface area contributed by atoms with Gasteiger partial charge >= 0.3 is 26.0 Å². The van der Waals surface area contributed by atoms with Crippen LogP contribution in [0.25, 0.3) is 0 Å². The van der Waals surface area contributed by atoms with Crippen LogP contribution in [-0.4, -0.2) is 18.6 Å². The Hall–Kier alpha value is 0.325. The molecule has 22 valence electrons. The first-order valence-corrected chi connectivity index (χ1v) is 2.72. The fourth-order valence-corrected chi connectivity index (χ4v) is 0. The van der Waals surface area contributed by atoms with Crippen molar-refractivity contribution in [3.8, 4) is 0 Å². The molecule has 1 nitrogen and oxygen atoms in total. The Morgan fingerprint density at radius 1 is 2.00 bits per heavy atom. The Labute approximate surface area is 27.1 Å². The summed E-state index contributed by atoms with van der Waals surface area (Å²) in [6.07, 6.45) is 0. The molecule has 0 heterocycles. The first kappa shape index (κ1) is 4.32. The Bertz CT molecular complexity index is 54.2. The third-order valence-corrected chi connectivity index (χ3v) is 0. The van der Waals surface area contributed by atoms with Gasteiger partial charge in [0.15, 0.2) is 0 Å². The predicted octanol–water partition coefficient (Wildman–Crippen LogP) is 0.0889. The topological polar surface area (TPSA) is 20.2 Å². The second-order valence-electron chi connectivity index (χ2n) is 0.574. The molecule has 0 radical (unpaired) electrons. The Balaban J connectivity index is 3.02. The van der Waals surface area contributed by atoms with E-state index in [4.69, 9.17) is 11.9 Å². The van der Waals surface area contributed by atoms with Crippen molar-refractivity contribution >= 4 is 14.5 Å². The molecule has 0 aliphatic heterocycles. The summed E-state index contributed by atoms with van der Waals surface area (Å²) in [5.41, 5.74) is 0. The molecule has 1 atom stereocenters. The van der Waals surface area contributed by atoms with E-state index >= 15 is 0 Å². The van der Waals surface area contributed by atoms with Gasteiger partial charge in [0.25, 0.3) is 0 Å². The van der Waals surface area contributed by atoms with Crippen LogP contribution in [0.15, 0.2) is 0 Å². The molecule has 0 rings (SSSR count). The molecule has 0 amide bonds. The fourth-order valence-electron chi connectivity index (χ4n) is 0. The van der Waals surface area contributed by atoms with Crippen LogP contribution in [0.4, 0.5) is 0 Å². The molecular weight excluding hydrogens is 69.8 g/mol. The maximum absolute atomic E-state index is 7.90. The van der Waals surface area contributed by atoms with Crippen LogP contribution in [-0.2, 0) is 0 Å². The van der Waals surface area contributed by atoms with Gasteiger partial charge in [0.05, 0.1) is 0 Å². The van der Waals surface area contributed by atoms with E-state index in [0.29, 0.717) is 0 Å². The van der Waals surface area contributed by atoms with Crippen molar-refractivity contribution in [1.82, 2.24) is 0 Å². The van der Waals surface area contributed by atoms with Gasteiger partial charge in [0, 0.05) is 0 Å². The van der Waals surface area contributed by atoms with Crippen molar-refractivity contribution in [3.63, 3.8) is 0 Å². The van der Waals surface area contributed by atoms with Crippen LogP contribution >= 0.6 is 7.46 Å². The number of rotatable bonds is 0. The number of hydrogen-bond donors (Lipinski definition) is 1. The summed E-state index contributed by atoms with van der Waals surface area (Å²) in [5, 5.41) is 0. The van der Waals surface area contributed by atoms with E-state index in [0.717, 1.165) is 0 Å². The SMILES string of the molecule is B#P(C)O. The molecule has 0 spiro atoms. The predicted molar refractivity (Wildman–Crippen MR) is 20.8 cm³/mol. The van der Waals surface area contributed by atoms with Crippen molar-refractivity contribution in [2.75, 3.05) is 6.66 Å². The Kier molecular flexibility index (Phi) is 1.76. The van der Waals surface area contributed by atoms with E-state index in [1.54, 1.807) is 6.66 Å². The third kappa shape index (κ3) is 38.7. The quantitative estimate of drug-likeness (QED) is 0.319. The first-order valence-electron chi connectivity index (χ1n) is 0.905. The van der Waals surface area contributed by atoms with Gasteiger partial charge in [-0.2, -0.15) is 0 Å². The molecule has 1 N–H and O–H groups in total. The molecular formula is CH4BOP. The van der Waals surface area contributed by atoms with Crippen molar-refractivity contribution in [2.45, 2.75) is 0 Å². The Morgan fingerprint density at radius 2 is 2.00 bits per heavy atom. The fraction of sp³-hybridized carbons (Fsp3) is 1.00. The van der Waals surface area contributed by atoms with E-state index in [1.807, 2.05) is 0 Å². The van der Waals surface area contributed by atoms with E-state index in [1.165, 1.54) is 0 Å². The molecule has 0 fully saturated rings. The molecule has 0 aliphatic carbocycles. The third-order valence-electron chi connectivity index (χ3n) is 0. The van der Waals surface area contributed by atoms with Gasteiger partial charge in [-0.25, -0.2) is 0 Å². The van der Waals surface area contributed by atoms with Crippen molar-refractivity contribution < 1.29 is 4.89 Å². The molecule has 4 heavy (non-hydrogen) atoms. The van der Waals surface area contributed by atoms with E-state index < -0.39 is 7.46 Å². The summed E-state index contributed by atoms with van der Waals surface area (Å²) in [4.78, 5) is 7.90. The molecule has 0 aliphatic rings. The zero-order valence-electron chi connectivity index (χ0n) is 2.47. The zero-order chi connectivity index (χ0) is 3.58. The van der Waals surface area contributed by atoms with Gasteiger partial charge in [-0.3, -0.25) is 0 Å². The Morgan fingerprint density at radius 3 is 2.00 bits per heavy atom. The average molecular weight is 73.8 g/mol.